The molecule has 1 aliphatic carbocycles. The Balaban J connectivity index is 1.33. The summed E-state index contributed by atoms with van der Waals surface area (Å²) in [5.74, 6) is -0.0536. The fourth-order valence-electron chi connectivity index (χ4n) is 3.93. The van der Waals surface area contributed by atoms with E-state index < -0.39 is 5.60 Å². The SMILES string of the molecule is CC(C)(C)OC(=O)C1CCC(NN2CCN(C(=O)OCc3ccccc3)CC2)CC1. The lowest BCUT2D eigenvalue weighted by Gasteiger charge is -2.38. The third-order valence-electron chi connectivity index (χ3n) is 5.58. The summed E-state index contributed by atoms with van der Waals surface area (Å²) in [7, 11) is 0. The van der Waals surface area contributed by atoms with Gasteiger partial charge in [0.25, 0.3) is 0 Å². The fourth-order valence-corrected chi connectivity index (χ4v) is 3.93. The lowest BCUT2D eigenvalue weighted by molar-refractivity contribution is -0.161. The van der Waals surface area contributed by atoms with E-state index in [9.17, 15) is 9.59 Å². The normalized spacial score (nSPS) is 23.1. The first kappa shape index (κ1) is 22.6. The lowest BCUT2D eigenvalue weighted by atomic mass is 9.86. The Labute approximate surface area is 179 Å². The Bertz CT molecular complexity index is 688. The summed E-state index contributed by atoms with van der Waals surface area (Å²) in [6.45, 7) is 8.87. The largest absolute Gasteiger partial charge is 0.460 e. The first-order valence-corrected chi connectivity index (χ1v) is 11.0. The molecule has 166 valence electrons. The minimum absolute atomic E-state index is 0.0125. The number of hydrazine groups is 1. The van der Waals surface area contributed by atoms with E-state index in [1.807, 2.05) is 51.1 Å². The predicted octanol–water partition coefficient (Wildman–Crippen LogP) is 3.35. The zero-order valence-electron chi connectivity index (χ0n) is 18.4. The summed E-state index contributed by atoms with van der Waals surface area (Å²) >= 11 is 0. The molecule has 2 fully saturated rings. The second kappa shape index (κ2) is 10.3. The average molecular weight is 418 g/mol. The molecule has 0 atom stereocenters. The molecule has 3 rings (SSSR count). The molecule has 30 heavy (non-hydrogen) atoms. The minimum atomic E-state index is -0.423. The van der Waals surface area contributed by atoms with Crippen LogP contribution in [0.4, 0.5) is 4.79 Å². The van der Waals surface area contributed by atoms with Gasteiger partial charge in [0.2, 0.25) is 0 Å². The number of ether oxygens (including phenoxy) is 2. The highest BCUT2D eigenvalue weighted by Gasteiger charge is 2.31. The number of amides is 1. The van der Waals surface area contributed by atoms with Crippen molar-refractivity contribution in [2.45, 2.75) is 64.7 Å². The minimum Gasteiger partial charge on any atom is -0.460 e. The van der Waals surface area contributed by atoms with Crippen molar-refractivity contribution in [1.29, 1.82) is 0 Å². The predicted molar refractivity (Wildman–Crippen MR) is 114 cm³/mol. The number of nitrogens with one attached hydrogen (secondary N) is 1. The topological polar surface area (TPSA) is 71.1 Å². The molecule has 1 aliphatic heterocycles. The number of carbonyl (C=O) groups is 2. The quantitative estimate of drug-likeness (QED) is 0.741. The number of benzene rings is 1. The van der Waals surface area contributed by atoms with Crippen LogP contribution in [0.2, 0.25) is 0 Å². The molecule has 2 aliphatic rings. The molecule has 1 aromatic rings. The Morgan fingerprint density at radius 2 is 1.63 bits per heavy atom. The molecule has 0 aromatic heterocycles. The molecule has 1 heterocycles. The van der Waals surface area contributed by atoms with Gasteiger partial charge in [-0.15, -0.1) is 0 Å². The van der Waals surface area contributed by atoms with Crippen LogP contribution in [0.1, 0.15) is 52.0 Å². The van der Waals surface area contributed by atoms with Crippen LogP contribution in [0.3, 0.4) is 0 Å². The van der Waals surface area contributed by atoms with Crippen LogP contribution in [0.15, 0.2) is 30.3 Å². The second-order valence-corrected chi connectivity index (χ2v) is 9.23. The van der Waals surface area contributed by atoms with Crippen molar-refractivity contribution in [3.63, 3.8) is 0 Å². The molecule has 1 saturated heterocycles. The number of nitrogens with zero attached hydrogens (tertiary/aromatic N) is 2. The van der Waals surface area contributed by atoms with E-state index in [1.54, 1.807) is 4.90 Å². The zero-order valence-corrected chi connectivity index (χ0v) is 18.4. The molecule has 0 bridgehead atoms. The van der Waals surface area contributed by atoms with Gasteiger partial charge in [-0.25, -0.2) is 9.80 Å². The van der Waals surface area contributed by atoms with Crippen molar-refractivity contribution >= 4 is 12.1 Å². The van der Waals surface area contributed by atoms with E-state index in [-0.39, 0.29) is 18.0 Å². The van der Waals surface area contributed by atoms with Crippen LogP contribution in [0.25, 0.3) is 0 Å². The van der Waals surface area contributed by atoms with E-state index in [0.29, 0.717) is 25.7 Å². The van der Waals surface area contributed by atoms with Crippen molar-refractivity contribution in [3.8, 4) is 0 Å². The van der Waals surface area contributed by atoms with Gasteiger partial charge in [-0.2, -0.15) is 0 Å². The molecule has 7 nitrogen and oxygen atoms in total. The van der Waals surface area contributed by atoms with Gasteiger partial charge in [-0.05, 0) is 52.0 Å². The van der Waals surface area contributed by atoms with Crippen LogP contribution in [-0.2, 0) is 20.9 Å². The maximum absolute atomic E-state index is 12.3. The third-order valence-corrected chi connectivity index (χ3v) is 5.58. The number of esters is 1. The summed E-state index contributed by atoms with van der Waals surface area (Å²) in [5, 5.41) is 2.19. The van der Waals surface area contributed by atoms with Crippen molar-refractivity contribution in [2.24, 2.45) is 5.92 Å². The van der Waals surface area contributed by atoms with Crippen LogP contribution in [0.5, 0.6) is 0 Å². The lowest BCUT2D eigenvalue weighted by Crippen LogP contribution is -2.56. The summed E-state index contributed by atoms with van der Waals surface area (Å²) in [4.78, 5) is 26.3. The number of hydrogen-bond donors (Lipinski definition) is 1. The van der Waals surface area contributed by atoms with Gasteiger partial charge in [0.05, 0.1) is 5.92 Å². The molecule has 1 amide bonds. The van der Waals surface area contributed by atoms with E-state index in [0.717, 1.165) is 44.3 Å². The second-order valence-electron chi connectivity index (χ2n) is 9.23. The summed E-state index contributed by atoms with van der Waals surface area (Å²) < 4.78 is 11.0. The Morgan fingerprint density at radius 3 is 2.23 bits per heavy atom. The highest BCUT2D eigenvalue weighted by molar-refractivity contribution is 5.73. The van der Waals surface area contributed by atoms with Crippen molar-refractivity contribution in [2.75, 3.05) is 26.2 Å². The fraction of sp³-hybridized carbons (Fsp3) is 0.652. The molecule has 7 heteroatoms. The van der Waals surface area contributed by atoms with Gasteiger partial charge in [-0.1, -0.05) is 30.3 Å². The number of rotatable bonds is 5. The zero-order chi connectivity index (χ0) is 21.6. The molecular formula is C23H35N3O4. The summed E-state index contributed by atoms with van der Waals surface area (Å²) in [6, 6.07) is 10.1. The number of hydrogen-bond acceptors (Lipinski definition) is 6. The highest BCUT2D eigenvalue weighted by atomic mass is 16.6. The summed E-state index contributed by atoms with van der Waals surface area (Å²) in [5.41, 5.74) is 4.16. The molecule has 1 N–H and O–H groups in total. The molecule has 0 radical (unpaired) electrons. The van der Waals surface area contributed by atoms with Crippen LogP contribution in [0, 0.1) is 5.92 Å². The molecule has 1 saturated carbocycles. The highest BCUT2D eigenvalue weighted by Crippen LogP contribution is 2.27. The maximum atomic E-state index is 12.3. The molecular weight excluding hydrogens is 382 g/mol. The first-order valence-electron chi connectivity index (χ1n) is 11.0. The smallest absolute Gasteiger partial charge is 0.410 e. The van der Waals surface area contributed by atoms with E-state index >= 15 is 0 Å². The monoisotopic (exact) mass is 417 g/mol. The van der Waals surface area contributed by atoms with E-state index in [2.05, 4.69) is 10.4 Å². The third kappa shape index (κ3) is 6.99. The summed E-state index contributed by atoms with van der Waals surface area (Å²) in [6.07, 6.45) is 3.39. The van der Waals surface area contributed by atoms with Crippen molar-refractivity contribution < 1.29 is 19.1 Å². The molecule has 0 unspecified atom stereocenters. The van der Waals surface area contributed by atoms with Gasteiger partial charge in [0.15, 0.2) is 0 Å². The van der Waals surface area contributed by atoms with Gasteiger partial charge < -0.3 is 14.4 Å². The van der Waals surface area contributed by atoms with Gasteiger partial charge in [-0.3, -0.25) is 10.2 Å². The Morgan fingerprint density at radius 1 is 1.00 bits per heavy atom. The first-order chi connectivity index (χ1) is 14.3. The van der Waals surface area contributed by atoms with E-state index in [4.69, 9.17) is 9.47 Å². The average Bonchev–Trinajstić information content (AvgIpc) is 2.72. The number of carbonyl (C=O) groups excluding carboxylic acids is 2. The van der Waals surface area contributed by atoms with Crippen molar-refractivity contribution in [1.82, 2.24) is 15.3 Å². The van der Waals surface area contributed by atoms with Crippen LogP contribution in [-0.4, -0.2) is 59.8 Å². The maximum Gasteiger partial charge on any atom is 0.410 e. The molecule has 0 spiro atoms. The Hall–Kier alpha value is -2.12. The standard InChI is InChI=1S/C23H35N3O4/c1-23(2,3)30-21(27)19-9-11-20(12-10-19)24-26-15-13-25(14-16-26)22(28)29-17-18-7-5-4-6-8-18/h4-8,19-20,24H,9-17H2,1-3H3. The van der Waals surface area contributed by atoms with Crippen molar-refractivity contribution in [3.05, 3.63) is 35.9 Å². The molecule has 1 aromatic carbocycles. The van der Waals surface area contributed by atoms with E-state index in [1.165, 1.54) is 0 Å². The van der Waals surface area contributed by atoms with Gasteiger partial charge in [0.1, 0.15) is 12.2 Å². The van der Waals surface area contributed by atoms with Crippen LogP contribution >= 0.6 is 0 Å². The Kier molecular flexibility index (Phi) is 7.72. The van der Waals surface area contributed by atoms with Gasteiger partial charge in [0, 0.05) is 32.2 Å². The van der Waals surface area contributed by atoms with Gasteiger partial charge >= 0.3 is 12.1 Å². The number of piperazine rings is 1. The van der Waals surface area contributed by atoms with Crippen LogP contribution < -0.4 is 5.43 Å².